The van der Waals surface area contributed by atoms with Crippen LogP contribution >= 0.6 is 0 Å². The Balaban J connectivity index is 1.65. The predicted molar refractivity (Wildman–Crippen MR) is 67.0 cm³/mol. The molecule has 1 saturated carbocycles. The molecule has 0 radical (unpaired) electrons. The van der Waals surface area contributed by atoms with Gasteiger partial charge in [0, 0.05) is 32.2 Å². The molecule has 1 saturated heterocycles. The van der Waals surface area contributed by atoms with E-state index in [4.69, 9.17) is 4.74 Å². The number of piperazine rings is 1. The molecule has 2 rings (SSSR count). The summed E-state index contributed by atoms with van der Waals surface area (Å²) in [5, 5.41) is 0. The Labute approximate surface area is 104 Å². The molecule has 1 aliphatic carbocycles. The molecule has 4 nitrogen and oxygen atoms in total. The van der Waals surface area contributed by atoms with Gasteiger partial charge in [-0.1, -0.05) is 19.8 Å². The van der Waals surface area contributed by atoms with Crippen molar-refractivity contribution in [2.75, 3.05) is 32.8 Å². The second-order valence-corrected chi connectivity index (χ2v) is 5.08. The van der Waals surface area contributed by atoms with Crippen molar-refractivity contribution < 1.29 is 9.53 Å². The zero-order valence-electron chi connectivity index (χ0n) is 10.9. The van der Waals surface area contributed by atoms with Crippen molar-refractivity contribution in [3.63, 3.8) is 0 Å². The molecule has 0 aromatic rings. The molecule has 98 valence electrons. The molecule has 1 aliphatic heterocycles. The Hall–Kier alpha value is -0.770. The van der Waals surface area contributed by atoms with E-state index in [1.807, 2.05) is 4.90 Å². The molecule has 0 aromatic heterocycles. The summed E-state index contributed by atoms with van der Waals surface area (Å²) in [6.45, 7) is 6.38. The number of unbranched alkanes of at least 4 members (excludes halogenated alkanes) is 1. The first-order valence-corrected chi connectivity index (χ1v) is 6.97. The molecule has 0 aromatic carbocycles. The van der Waals surface area contributed by atoms with Gasteiger partial charge in [0.15, 0.2) is 0 Å². The average Bonchev–Trinajstić information content (AvgIpc) is 2.28. The van der Waals surface area contributed by atoms with Crippen molar-refractivity contribution >= 4 is 6.09 Å². The van der Waals surface area contributed by atoms with Crippen LogP contribution in [0.1, 0.15) is 39.0 Å². The fraction of sp³-hybridized carbons (Fsp3) is 0.923. The van der Waals surface area contributed by atoms with Crippen LogP contribution in [0.15, 0.2) is 0 Å². The van der Waals surface area contributed by atoms with Gasteiger partial charge in [0.2, 0.25) is 0 Å². The van der Waals surface area contributed by atoms with Crippen LogP contribution in [0.5, 0.6) is 0 Å². The Kier molecular flexibility index (Phi) is 4.66. The Morgan fingerprint density at radius 2 is 1.94 bits per heavy atom. The van der Waals surface area contributed by atoms with Crippen LogP contribution in [0.4, 0.5) is 4.79 Å². The molecule has 1 amide bonds. The molecule has 1 heterocycles. The number of ether oxygens (including phenoxy) is 1. The molecule has 2 aliphatic rings. The second-order valence-electron chi connectivity index (χ2n) is 5.08. The number of nitrogens with zero attached hydrogens (tertiary/aromatic N) is 2. The summed E-state index contributed by atoms with van der Waals surface area (Å²) in [5.41, 5.74) is 0. The molecule has 0 bridgehead atoms. The van der Waals surface area contributed by atoms with E-state index in [1.54, 1.807) is 0 Å². The highest BCUT2D eigenvalue weighted by Gasteiger charge is 2.29. The van der Waals surface area contributed by atoms with E-state index in [9.17, 15) is 4.79 Å². The Bertz CT molecular complexity index is 246. The van der Waals surface area contributed by atoms with Gasteiger partial charge in [-0.15, -0.1) is 0 Å². The van der Waals surface area contributed by atoms with Crippen molar-refractivity contribution in [1.29, 1.82) is 0 Å². The molecule has 4 heteroatoms. The highest BCUT2D eigenvalue weighted by molar-refractivity contribution is 5.67. The smallest absolute Gasteiger partial charge is 0.409 e. The first-order valence-electron chi connectivity index (χ1n) is 6.97. The number of hydrogen-bond acceptors (Lipinski definition) is 3. The molecule has 0 spiro atoms. The minimum atomic E-state index is -0.119. The number of hydrogen-bond donors (Lipinski definition) is 0. The maximum absolute atomic E-state index is 11.7. The maximum Gasteiger partial charge on any atom is 0.409 e. The third-order valence-corrected chi connectivity index (χ3v) is 3.89. The lowest BCUT2D eigenvalue weighted by Crippen LogP contribution is -2.53. The summed E-state index contributed by atoms with van der Waals surface area (Å²) in [6.07, 6.45) is 5.99. The van der Waals surface area contributed by atoms with E-state index in [1.165, 1.54) is 19.3 Å². The van der Waals surface area contributed by atoms with Gasteiger partial charge >= 0.3 is 6.09 Å². The van der Waals surface area contributed by atoms with Crippen molar-refractivity contribution in [1.82, 2.24) is 9.80 Å². The Morgan fingerprint density at radius 3 is 2.47 bits per heavy atom. The largest absolute Gasteiger partial charge is 0.449 e. The van der Waals surface area contributed by atoms with Crippen LogP contribution in [0.25, 0.3) is 0 Å². The van der Waals surface area contributed by atoms with Crippen molar-refractivity contribution in [2.24, 2.45) is 0 Å². The van der Waals surface area contributed by atoms with E-state index in [0.29, 0.717) is 6.61 Å². The van der Waals surface area contributed by atoms with Crippen LogP contribution in [-0.4, -0.2) is 54.7 Å². The predicted octanol–water partition coefficient (Wildman–Crippen LogP) is 2.09. The first kappa shape index (κ1) is 12.7. The fourth-order valence-corrected chi connectivity index (χ4v) is 2.42. The summed E-state index contributed by atoms with van der Waals surface area (Å²) < 4.78 is 5.23. The molecule has 0 atom stereocenters. The number of carbonyl (C=O) groups is 1. The highest BCUT2D eigenvalue weighted by Crippen LogP contribution is 2.25. The lowest BCUT2D eigenvalue weighted by molar-refractivity contribution is 0.0459. The normalized spacial score (nSPS) is 22.3. The molecule has 0 unspecified atom stereocenters. The van der Waals surface area contributed by atoms with Gasteiger partial charge in [-0.2, -0.15) is 0 Å². The summed E-state index contributed by atoms with van der Waals surface area (Å²) in [7, 11) is 0. The second kappa shape index (κ2) is 6.24. The molecule has 0 N–H and O–H groups in total. The molecule has 17 heavy (non-hydrogen) atoms. The molecular formula is C13H24N2O2. The fourth-order valence-electron chi connectivity index (χ4n) is 2.42. The van der Waals surface area contributed by atoms with Crippen molar-refractivity contribution in [3.8, 4) is 0 Å². The topological polar surface area (TPSA) is 32.8 Å². The van der Waals surface area contributed by atoms with Crippen molar-refractivity contribution in [3.05, 3.63) is 0 Å². The lowest BCUT2D eigenvalue weighted by atomic mass is 9.91. The van der Waals surface area contributed by atoms with Gasteiger partial charge in [-0.05, 0) is 19.3 Å². The lowest BCUT2D eigenvalue weighted by Gasteiger charge is -2.42. The summed E-state index contributed by atoms with van der Waals surface area (Å²) >= 11 is 0. The van der Waals surface area contributed by atoms with E-state index in [-0.39, 0.29) is 6.09 Å². The molecule has 2 fully saturated rings. The minimum Gasteiger partial charge on any atom is -0.449 e. The zero-order valence-corrected chi connectivity index (χ0v) is 10.9. The van der Waals surface area contributed by atoms with Gasteiger partial charge in [-0.25, -0.2) is 4.79 Å². The van der Waals surface area contributed by atoms with Crippen molar-refractivity contribution in [2.45, 2.75) is 45.1 Å². The quantitative estimate of drug-likeness (QED) is 0.705. The van der Waals surface area contributed by atoms with E-state index in [2.05, 4.69) is 11.8 Å². The van der Waals surface area contributed by atoms with Crippen LogP contribution in [0, 0.1) is 0 Å². The SMILES string of the molecule is CCCCOC(=O)N1CCN(C2CCC2)CC1. The number of amides is 1. The van der Waals surface area contributed by atoms with Gasteiger partial charge < -0.3 is 9.64 Å². The van der Waals surface area contributed by atoms with Gasteiger partial charge in [-0.3, -0.25) is 4.90 Å². The van der Waals surface area contributed by atoms with E-state index < -0.39 is 0 Å². The third-order valence-electron chi connectivity index (χ3n) is 3.89. The highest BCUT2D eigenvalue weighted by atomic mass is 16.6. The van der Waals surface area contributed by atoms with E-state index in [0.717, 1.165) is 45.1 Å². The monoisotopic (exact) mass is 240 g/mol. The summed E-state index contributed by atoms with van der Waals surface area (Å²) in [4.78, 5) is 16.1. The minimum absolute atomic E-state index is 0.119. The number of rotatable bonds is 4. The van der Waals surface area contributed by atoms with E-state index >= 15 is 0 Å². The van der Waals surface area contributed by atoms with Crippen LogP contribution in [-0.2, 0) is 4.74 Å². The Morgan fingerprint density at radius 1 is 1.24 bits per heavy atom. The maximum atomic E-state index is 11.7. The van der Waals surface area contributed by atoms with Gasteiger partial charge in [0.05, 0.1) is 6.61 Å². The van der Waals surface area contributed by atoms with Gasteiger partial charge in [0.1, 0.15) is 0 Å². The van der Waals surface area contributed by atoms with Crippen LogP contribution in [0.2, 0.25) is 0 Å². The molecular weight excluding hydrogens is 216 g/mol. The number of carbonyl (C=O) groups excluding carboxylic acids is 1. The summed E-state index contributed by atoms with van der Waals surface area (Å²) in [6, 6.07) is 0.799. The average molecular weight is 240 g/mol. The van der Waals surface area contributed by atoms with Gasteiger partial charge in [0.25, 0.3) is 0 Å². The van der Waals surface area contributed by atoms with Crippen LogP contribution in [0.3, 0.4) is 0 Å². The zero-order chi connectivity index (χ0) is 12.1. The van der Waals surface area contributed by atoms with Crippen LogP contribution < -0.4 is 0 Å². The first-order chi connectivity index (χ1) is 8.31. The third kappa shape index (κ3) is 3.35. The summed E-state index contributed by atoms with van der Waals surface area (Å²) in [5.74, 6) is 0. The standard InChI is InChI=1S/C13H24N2O2/c1-2-3-11-17-13(16)15-9-7-14(8-10-15)12-5-4-6-12/h12H,2-11H2,1H3.